The summed E-state index contributed by atoms with van der Waals surface area (Å²) in [5.41, 5.74) is -0.984. The monoisotopic (exact) mass is 244 g/mol. The fraction of sp³-hybridized carbons (Fsp3) is 0.667. The van der Waals surface area contributed by atoms with Gasteiger partial charge in [0.15, 0.2) is 0 Å². The van der Waals surface area contributed by atoms with Gasteiger partial charge >= 0.3 is 15.2 Å². The Hall–Kier alpha value is 0.0400. The molecule has 0 saturated carbocycles. The number of hydrogen-bond donors (Lipinski definition) is 3. The fourth-order valence-electron chi connectivity index (χ4n) is 0.589. The fourth-order valence-corrected chi connectivity index (χ4v) is 2.88. The molecule has 0 spiro atoms. The molecule has 6 nitrogen and oxygen atoms in total. The zero-order chi connectivity index (χ0) is 11.8. The van der Waals surface area contributed by atoms with Gasteiger partial charge in [0.05, 0.1) is 5.60 Å². The van der Waals surface area contributed by atoms with E-state index in [1.807, 2.05) is 0 Å². The summed E-state index contributed by atoms with van der Waals surface area (Å²) in [6.45, 7) is 7.35. The van der Waals surface area contributed by atoms with Crippen molar-refractivity contribution in [1.82, 2.24) is 0 Å². The molecule has 0 radical (unpaired) electrons. The van der Waals surface area contributed by atoms with Crippen LogP contribution in [0.5, 0.6) is 0 Å². The average molecular weight is 244 g/mol. The van der Waals surface area contributed by atoms with E-state index >= 15 is 0 Å². The van der Waals surface area contributed by atoms with E-state index in [2.05, 4.69) is 11.1 Å². The summed E-state index contributed by atoms with van der Waals surface area (Å²) in [5.74, 6) is 0. The molecule has 0 rings (SSSR count). The van der Waals surface area contributed by atoms with Crippen LogP contribution in [-0.2, 0) is 13.7 Å². The Morgan fingerprint density at radius 1 is 1.21 bits per heavy atom. The maximum atomic E-state index is 11.3. The number of rotatable bonds is 3. The van der Waals surface area contributed by atoms with Gasteiger partial charge in [-0.25, -0.2) is 0 Å². The van der Waals surface area contributed by atoms with Gasteiger partial charge in [-0.3, -0.25) is 13.7 Å². The van der Waals surface area contributed by atoms with Gasteiger partial charge in [-0.15, -0.1) is 0 Å². The Morgan fingerprint density at radius 3 is 1.79 bits per heavy atom. The molecule has 0 amide bonds. The molecule has 0 saturated heterocycles. The van der Waals surface area contributed by atoms with Crippen molar-refractivity contribution in [2.75, 3.05) is 0 Å². The number of hydrogen-bond acceptors (Lipinski definition) is 3. The summed E-state index contributed by atoms with van der Waals surface area (Å²) in [6.07, 6.45) is 0. The minimum Gasteiger partial charge on any atom is -0.321 e. The lowest BCUT2D eigenvalue weighted by Crippen LogP contribution is -2.17. The van der Waals surface area contributed by atoms with Gasteiger partial charge in [-0.05, 0) is 20.8 Å². The second-order valence-electron chi connectivity index (χ2n) is 3.68. The Balaban J connectivity index is 4.92. The molecule has 0 fully saturated rings. The molecule has 0 aromatic rings. The zero-order valence-electron chi connectivity index (χ0n) is 8.17. The van der Waals surface area contributed by atoms with Crippen molar-refractivity contribution < 1.29 is 28.3 Å². The van der Waals surface area contributed by atoms with Crippen molar-refractivity contribution in [2.45, 2.75) is 26.4 Å². The van der Waals surface area contributed by atoms with E-state index in [9.17, 15) is 14.0 Å². The standard InChI is InChI=1S/C6H14O6P2/c1-5(13(7,8)9)14(10,11)12-6(2,3)4/h1H2,2-4H3,(H,10,11)(H2,7,8,9). The quantitative estimate of drug-likeness (QED) is 0.652. The molecular formula is C6H14O6P2. The Kier molecular flexibility index (Phi) is 3.90. The Bertz CT molecular complexity index is 322. The van der Waals surface area contributed by atoms with Gasteiger partial charge in [0, 0.05) is 0 Å². The van der Waals surface area contributed by atoms with E-state index in [0.29, 0.717) is 0 Å². The first-order valence-corrected chi connectivity index (χ1v) is 6.84. The van der Waals surface area contributed by atoms with E-state index in [0.717, 1.165) is 0 Å². The molecule has 0 aliphatic carbocycles. The van der Waals surface area contributed by atoms with E-state index < -0.39 is 25.8 Å². The highest BCUT2D eigenvalue weighted by molar-refractivity contribution is 7.77. The van der Waals surface area contributed by atoms with Crippen LogP contribution in [0.4, 0.5) is 0 Å². The predicted octanol–water partition coefficient (Wildman–Crippen LogP) is 1.64. The van der Waals surface area contributed by atoms with Crippen LogP contribution in [0, 0.1) is 0 Å². The van der Waals surface area contributed by atoms with Crippen LogP contribution < -0.4 is 0 Å². The lowest BCUT2D eigenvalue weighted by atomic mass is 10.2. The van der Waals surface area contributed by atoms with Crippen molar-refractivity contribution in [3.8, 4) is 0 Å². The molecule has 8 heteroatoms. The molecule has 84 valence electrons. The van der Waals surface area contributed by atoms with Crippen LogP contribution in [0.3, 0.4) is 0 Å². The SMILES string of the molecule is C=C(P(=O)(O)O)P(=O)(O)OC(C)(C)C. The molecule has 0 bridgehead atoms. The molecule has 0 aliphatic rings. The summed E-state index contributed by atoms with van der Waals surface area (Å²) in [4.78, 5) is 26.4. The highest BCUT2D eigenvalue weighted by Gasteiger charge is 2.39. The molecule has 0 aromatic carbocycles. The first-order valence-electron chi connectivity index (χ1n) is 3.65. The first kappa shape index (κ1) is 14.0. The largest absolute Gasteiger partial charge is 0.366 e. The van der Waals surface area contributed by atoms with Gasteiger partial charge in [-0.1, -0.05) is 6.58 Å². The van der Waals surface area contributed by atoms with Gasteiger partial charge in [0.1, 0.15) is 5.06 Å². The van der Waals surface area contributed by atoms with Crippen LogP contribution in [0.2, 0.25) is 0 Å². The molecule has 1 unspecified atom stereocenters. The maximum Gasteiger partial charge on any atom is 0.366 e. The highest BCUT2D eigenvalue weighted by atomic mass is 31.2. The van der Waals surface area contributed by atoms with Crippen LogP contribution in [0.1, 0.15) is 20.8 Å². The van der Waals surface area contributed by atoms with E-state index in [4.69, 9.17) is 9.79 Å². The predicted molar refractivity (Wildman–Crippen MR) is 51.8 cm³/mol. The molecule has 0 aromatic heterocycles. The summed E-state index contributed by atoms with van der Waals surface area (Å²) < 4.78 is 26.6. The van der Waals surface area contributed by atoms with Crippen molar-refractivity contribution in [1.29, 1.82) is 0 Å². The van der Waals surface area contributed by atoms with Gasteiger partial charge in [0.2, 0.25) is 0 Å². The first-order chi connectivity index (χ1) is 5.86. The van der Waals surface area contributed by atoms with E-state index in [1.54, 1.807) is 0 Å². The summed E-state index contributed by atoms with van der Waals surface area (Å²) in [7, 11) is -9.28. The minimum absolute atomic E-state index is 0.984. The zero-order valence-corrected chi connectivity index (χ0v) is 9.96. The molecule has 14 heavy (non-hydrogen) atoms. The normalized spacial score (nSPS) is 17.6. The third-order valence-electron chi connectivity index (χ3n) is 1.06. The van der Waals surface area contributed by atoms with Crippen LogP contribution in [-0.4, -0.2) is 20.3 Å². The molecule has 3 N–H and O–H groups in total. The molecule has 1 atom stereocenters. The summed E-state index contributed by atoms with van der Waals surface area (Å²) >= 11 is 0. The van der Waals surface area contributed by atoms with Crippen molar-refractivity contribution in [2.24, 2.45) is 0 Å². The van der Waals surface area contributed by atoms with Crippen molar-refractivity contribution >= 4 is 15.2 Å². The third kappa shape index (κ3) is 4.51. The minimum atomic E-state index is -4.80. The van der Waals surface area contributed by atoms with Gasteiger partial charge in [-0.2, -0.15) is 0 Å². The van der Waals surface area contributed by atoms with Crippen LogP contribution in [0.15, 0.2) is 11.6 Å². The molecule has 0 aliphatic heterocycles. The second-order valence-corrected chi connectivity index (χ2v) is 7.43. The Labute approximate surface area is 82.3 Å². The van der Waals surface area contributed by atoms with Crippen molar-refractivity contribution in [3.05, 3.63) is 11.6 Å². The van der Waals surface area contributed by atoms with Gasteiger partial charge < -0.3 is 14.7 Å². The smallest absolute Gasteiger partial charge is 0.321 e. The molecular weight excluding hydrogens is 230 g/mol. The summed E-state index contributed by atoms with van der Waals surface area (Å²) in [5, 5.41) is -1.08. The Morgan fingerprint density at radius 2 is 1.57 bits per heavy atom. The maximum absolute atomic E-state index is 11.3. The van der Waals surface area contributed by atoms with Gasteiger partial charge in [0.25, 0.3) is 0 Å². The van der Waals surface area contributed by atoms with Crippen molar-refractivity contribution in [3.63, 3.8) is 0 Å². The second kappa shape index (κ2) is 3.89. The van der Waals surface area contributed by atoms with E-state index in [1.165, 1.54) is 20.8 Å². The third-order valence-corrected chi connectivity index (χ3v) is 4.72. The van der Waals surface area contributed by atoms with E-state index in [-0.39, 0.29) is 0 Å². The highest BCUT2D eigenvalue weighted by Crippen LogP contribution is 2.66. The average Bonchev–Trinajstić information content (AvgIpc) is 1.78. The topological polar surface area (TPSA) is 104 Å². The molecule has 0 heterocycles. The van der Waals surface area contributed by atoms with Crippen LogP contribution >= 0.6 is 15.2 Å². The lowest BCUT2D eigenvalue weighted by Gasteiger charge is -2.24. The lowest BCUT2D eigenvalue weighted by molar-refractivity contribution is 0.115. The van der Waals surface area contributed by atoms with Crippen LogP contribution in [0.25, 0.3) is 0 Å². The summed E-state index contributed by atoms with van der Waals surface area (Å²) in [6, 6.07) is 0.